The van der Waals surface area contributed by atoms with Gasteiger partial charge in [-0.05, 0) is 37.6 Å². The lowest BCUT2D eigenvalue weighted by atomic mass is 10.1. The van der Waals surface area contributed by atoms with Crippen LogP contribution in [0.25, 0.3) is 10.9 Å². The van der Waals surface area contributed by atoms with Gasteiger partial charge in [0.05, 0.1) is 11.2 Å². The Bertz CT molecular complexity index is 950. The van der Waals surface area contributed by atoms with Crippen molar-refractivity contribution in [2.75, 3.05) is 5.32 Å². The van der Waals surface area contributed by atoms with E-state index in [1.54, 1.807) is 18.3 Å². The van der Waals surface area contributed by atoms with Gasteiger partial charge in [-0.1, -0.05) is 25.1 Å². The summed E-state index contributed by atoms with van der Waals surface area (Å²) in [5.74, 6) is -0.607. The molecule has 2 aromatic heterocycles. The number of nitrogens with one attached hydrogen (secondary N) is 2. The molecule has 6 heteroatoms. The van der Waals surface area contributed by atoms with E-state index in [4.69, 9.17) is 0 Å². The number of carbonyl (C=O) groups excluding carboxylic acids is 2. The van der Waals surface area contributed by atoms with Crippen molar-refractivity contribution in [3.63, 3.8) is 0 Å². The van der Waals surface area contributed by atoms with Crippen molar-refractivity contribution in [1.29, 1.82) is 0 Å². The Morgan fingerprint density at radius 3 is 2.65 bits per heavy atom. The van der Waals surface area contributed by atoms with Crippen molar-refractivity contribution >= 4 is 28.4 Å². The Balaban J connectivity index is 1.82. The second-order valence-corrected chi connectivity index (χ2v) is 6.05. The lowest BCUT2D eigenvalue weighted by molar-refractivity contribution is 0.0934. The monoisotopic (exact) mass is 348 g/mol. The molecule has 2 heterocycles. The molecule has 3 aromatic rings. The van der Waals surface area contributed by atoms with E-state index in [9.17, 15) is 9.59 Å². The van der Waals surface area contributed by atoms with Gasteiger partial charge in [0.2, 0.25) is 0 Å². The number of carbonyl (C=O) groups is 2. The standard InChI is InChI=1S/C20H20N4O2/c1-3-13(2)23-20(26)17-12-15(9-11-21-17)19(25)24-16-8-4-6-14-7-5-10-22-18(14)16/h4-13H,3H2,1-2H3,(H,23,26)(H,24,25). The normalized spacial score (nSPS) is 11.8. The van der Waals surface area contributed by atoms with Crippen molar-refractivity contribution in [3.05, 3.63) is 66.1 Å². The average Bonchev–Trinajstić information content (AvgIpc) is 2.68. The van der Waals surface area contributed by atoms with Gasteiger partial charge in [-0.2, -0.15) is 0 Å². The van der Waals surface area contributed by atoms with Crippen LogP contribution in [0.2, 0.25) is 0 Å². The molecular formula is C20H20N4O2. The molecule has 0 aliphatic carbocycles. The maximum Gasteiger partial charge on any atom is 0.270 e. The number of fused-ring (bicyclic) bond motifs is 1. The second kappa shape index (κ2) is 7.74. The number of amides is 2. The van der Waals surface area contributed by atoms with Crippen LogP contribution in [0.15, 0.2) is 54.9 Å². The zero-order chi connectivity index (χ0) is 18.5. The van der Waals surface area contributed by atoms with Crippen LogP contribution in [-0.4, -0.2) is 27.8 Å². The molecule has 2 N–H and O–H groups in total. The minimum absolute atomic E-state index is 0.0449. The first-order valence-corrected chi connectivity index (χ1v) is 8.50. The lowest BCUT2D eigenvalue weighted by Gasteiger charge is -2.11. The number of aromatic nitrogens is 2. The van der Waals surface area contributed by atoms with Gasteiger partial charge in [-0.3, -0.25) is 19.6 Å². The first-order chi connectivity index (χ1) is 12.6. The van der Waals surface area contributed by atoms with Crippen LogP contribution in [0.1, 0.15) is 41.1 Å². The predicted molar refractivity (Wildman–Crippen MR) is 101 cm³/mol. The van der Waals surface area contributed by atoms with Crippen molar-refractivity contribution in [2.24, 2.45) is 0 Å². The lowest BCUT2D eigenvalue weighted by Crippen LogP contribution is -2.32. The molecule has 0 spiro atoms. The van der Waals surface area contributed by atoms with Crippen LogP contribution >= 0.6 is 0 Å². The fraction of sp³-hybridized carbons (Fsp3) is 0.200. The van der Waals surface area contributed by atoms with Crippen LogP contribution in [0.4, 0.5) is 5.69 Å². The van der Waals surface area contributed by atoms with Crippen LogP contribution in [0, 0.1) is 0 Å². The Hall–Kier alpha value is -3.28. The molecular weight excluding hydrogens is 328 g/mol. The highest BCUT2D eigenvalue weighted by Gasteiger charge is 2.14. The molecule has 1 atom stereocenters. The average molecular weight is 348 g/mol. The first kappa shape index (κ1) is 17.5. The number of benzene rings is 1. The Morgan fingerprint density at radius 1 is 1.04 bits per heavy atom. The number of rotatable bonds is 5. The first-order valence-electron chi connectivity index (χ1n) is 8.50. The Morgan fingerprint density at radius 2 is 1.85 bits per heavy atom. The largest absolute Gasteiger partial charge is 0.348 e. The van der Waals surface area contributed by atoms with Gasteiger partial charge < -0.3 is 10.6 Å². The molecule has 0 bridgehead atoms. The maximum atomic E-state index is 12.6. The zero-order valence-corrected chi connectivity index (χ0v) is 14.7. The van der Waals surface area contributed by atoms with E-state index in [1.807, 2.05) is 38.1 Å². The van der Waals surface area contributed by atoms with Gasteiger partial charge >= 0.3 is 0 Å². The molecule has 0 radical (unpaired) electrons. The van der Waals surface area contributed by atoms with E-state index < -0.39 is 0 Å². The zero-order valence-electron chi connectivity index (χ0n) is 14.7. The number of hydrogen-bond acceptors (Lipinski definition) is 4. The highest BCUT2D eigenvalue weighted by atomic mass is 16.2. The molecule has 132 valence electrons. The van der Waals surface area contributed by atoms with Crippen molar-refractivity contribution < 1.29 is 9.59 Å². The molecule has 0 fully saturated rings. The summed E-state index contributed by atoms with van der Waals surface area (Å²) in [6.07, 6.45) is 3.96. The summed E-state index contributed by atoms with van der Waals surface area (Å²) in [6.45, 7) is 3.91. The molecule has 0 saturated heterocycles. The summed E-state index contributed by atoms with van der Waals surface area (Å²) in [4.78, 5) is 33.2. The number of para-hydroxylation sites is 1. The second-order valence-electron chi connectivity index (χ2n) is 6.05. The van der Waals surface area contributed by atoms with Gasteiger partial charge in [0.25, 0.3) is 11.8 Å². The molecule has 26 heavy (non-hydrogen) atoms. The molecule has 1 aromatic carbocycles. The van der Waals surface area contributed by atoms with Gasteiger partial charge in [-0.25, -0.2) is 0 Å². The van der Waals surface area contributed by atoms with Gasteiger partial charge in [0, 0.05) is 29.4 Å². The number of anilines is 1. The van der Waals surface area contributed by atoms with Crippen molar-refractivity contribution in [2.45, 2.75) is 26.3 Å². The quantitative estimate of drug-likeness (QED) is 0.740. The fourth-order valence-electron chi connectivity index (χ4n) is 2.50. The molecule has 0 saturated carbocycles. The summed E-state index contributed by atoms with van der Waals surface area (Å²) < 4.78 is 0. The van der Waals surface area contributed by atoms with Crippen molar-refractivity contribution in [1.82, 2.24) is 15.3 Å². The Labute approximate surface area is 151 Å². The number of pyridine rings is 2. The summed E-state index contributed by atoms with van der Waals surface area (Å²) in [6, 6.07) is 12.5. The third-order valence-electron chi connectivity index (χ3n) is 4.13. The van der Waals surface area contributed by atoms with Gasteiger partial charge in [0.15, 0.2) is 0 Å². The summed E-state index contributed by atoms with van der Waals surface area (Å²) in [5, 5.41) is 6.64. The fourth-order valence-corrected chi connectivity index (χ4v) is 2.50. The maximum absolute atomic E-state index is 12.6. The van der Waals surface area contributed by atoms with Crippen LogP contribution in [0.5, 0.6) is 0 Å². The van der Waals surface area contributed by atoms with E-state index in [0.717, 1.165) is 11.8 Å². The predicted octanol–water partition coefficient (Wildman–Crippen LogP) is 3.41. The smallest absolute Gasteiger partial charge is 0.270 e. The molecule has 3 rings (SSSR count). The van der Waals surface area contributed by atoms with E-state index in [1.165, 1.54) is 12.3 Å². The van der Waals surface area contributed by atoms with Crippen molar-refractivity contribution in [3.8, 4) is 0 Å². The van der Waals surface area contributed by atoms with E-state index in [2.05, 4.69) is 20.6 Å². The molecule has 1 unspecified atom stereocenters. The SMILES string of the molecule is CCC(C)NC(=O)c1cc(C(=O)Nc2cccc3cccnc23)ccn1. The van der Waals surface area contributed by atoms with E-state index >= 15 is 0 Å². The minimum atomic E-state index is -0.317. The van der Waals surface area contributed by atoms with E-state index in [0.29, 0.717) is 16.8 Å². The minimum Gasteiger partial charge on any atom is -0.348 e. The molecule has 0 aliphatic heterocycles. The number of hydrogen-bond donors (Lipinski definition) is 2. The molecule has 2 amide bonds. The molecule has 0 aliphatic rings. The van der Waals surface area contributed by atoms with Crippen LogP contribution < -0.4 is 10.6 Å². The number of nitrogens with zero attached hydrogens (tertiary/aromatic N) is 2. The summed E-state index contributed by atoms with van der Waals surface area (Å²) in [7, 11) is 0. The van der Waals surface area contributed by atoms with Crippen LogP contribution in [0.3, 0.4) is 0 Å². The summed E-state index contributed by atoms with van der Waals surface area (Å²) >= 11 is 0. The van der Waals surface area contributed by atoms with Gasteiger partial charge in [0.1, 0.15) is 5.69 Å². The van der Waals surface area contributed by atoms with Crippen LogP contribution in [-0.2, 0) is 0 Å². The topological polar surface area (TPSA) is 84.0 Å². The highest BCUT2D eigenvalue weighted by molar-refractivity contribution is 6.09. The summed E-state index contributed by atoms with van der Waals surface area (Å²) in [5.41, 5.74) is 1.92. The third-order valence-corrected chi connectivity index (χ3v) is 4.13. The highest BCUT2D eigenvalue weighted by Crippen LogP contribution is 2.21. The third kappa shape index (κ3) is 3.85. The molecule has 6 nitrogen and oxygen atoms in total. The Kier molecular flexibility index (Phi) is 5.22. The van der Waals surface area contributed by atoms with E-state index in [-0.39, 0.29) is 23.6 Å². The van der Waals surface area contributed by atoms with Gasteiger partial charge in [-0.15, -0.1) is 0 Å².